The molecule has 0 fully saturated rings. The summed E-state index contributed by atoms with van der Waals surface area (Å²) in [6, 6.07) is 8.63. The third-order valence-corrected chi connectivity index (χ3v) is 5.33. The quantitative estimate of drug-likeness (QED) is 0.842. The molecule has 0 atom stereocenters. The molecule has 130 valence electrons. The van der Waals surface area contributed by atoms with Gasteiger partial charge in [-0.15, -0.1) is 0 Å². The van der Waals surface area contributed by atoms with Crippen LogP contribution in [0.15, 0.2) is 41.3 Å². The normalized spacial score (nSPS) is 14.0. The van der Waals surface area contributed by atoms with E-state index in [1.165, 1.54) is 41.3 Å². The van der Waals surface area contributed by atoms with Crippen LogP contribution in [0.4, 0.5) is 11.4 Å². The Morgan fingerprint density at radius 1 is 1.16 bits per heavy atom. The van der Waals surface area contributed by atoms with Crippen LogP contribution in [0, 0.1) is 0 Å². The molecule has 1 N–H and O–H groups in total. The van der Waals surface area contributed by atoms with Crippen molar-refractivity contribution in [2.24, 2.45) is 0 Å². The van der Waals surface area contributed by atoms with Gasteiger partial charge in [-0.05, 0) is 36.4 Å². The molecule has 0 spiro atoms. The van der Waals surface area contributed by atoms with E-state index in [0.717, 1.165) is 6.26 Å². The summed E-state index contributed by atoms with van der Waals surface area (Å²) in [6.45, 7) is -0.205. The highest BCUT2D eigenvalue weighted by molar-refractivity contribution is 7.90. The minimum Gasteiger partial charge on any atom is -0.323 e. The Morgan fingerprint density at radius 3 is 2.52 bits per heavy atom. The van der Waals surface area contributed by atoms with Crippen LogP contribution in [-0.4, -0.2) is 33.0 Å². The van der Waals surface area contributed by atoms with E-state index in [1.807, 2.05) is 0 Å². The van der Waals surface area contributed by atoms with Crippen LogP contribution in [0.1, 0.15) is 10.4 Å². The van der Waals surface area contributed by atoms with E-state index in [-0.39, 0.29) is 27.7 Å². The number of fused-ring (bicyclic) bond motifs is 1. The summed E-state index contributed by atoms with van der Waals surface area (Å²) in [5.41, 5.74) is 0.833. The number of carbonyl (C=O) groups excluding carboxylic acids is 2. The van der Waals surface area contributed by atoms with Crippen LogP contribution >= 0.6 is 23.2 Å². The molecule has 0 bridgehead atoms. The lowest BCUT2D eigenvalue weighted by Crippen LogP contribution is -2.42. The molecular formula is C16H12Cl2N2O4S. The monoisotopic (exact) mass is 398 g/mol. The van der Waals surface area contributed by atoms with Crippen LogP contribution in [0.25, 0.3) is 0 Å². The summed E-state index contributed by atoms with van der Waals surface area (Å²) >= 11 is 11.9. The lowest BCUT2D eigenvalue weighted by Gasteiger charge is -2.29. The fourth-order valence-electron chi connectivity index (χ4n) is 2.49. The number of benzene rings is 2. The molecule has 9 heteroatoms. The second-order valence-electron chi connectivity index (χ2n) is 5.51. The van der Waals surface area contributed by atoms with Crippen molar-refractivity contribution >= 4 is 56.2 Å². The van der Waals surface area contributed by atoms with E-state index < -0.39 is 21.7 Å². The lowest BCUT2D eigenvalue weighted by molar-refractivity contribution is -0.115. The fraction of sp³-hybridized carbons (Fsp3) is 0.125. The highest BCUT2D eigenvalue weighted by atomic mass is 35.5. The lowest BCUT2D eigenvalue weighted by atomic mass is 10.1. The van der Waals surface area contributed by atoms with Crippen molar-refractivity contribution in [1.82, 2.24) is 0 Å². The van der Waals surface area contributed by atoms with E-state index in [1.54, 1.807) is 0 Å². The number of rotatable bonds is 2. The molecule has 3 rings (SSSR count). The SMILES string of the molecule is CS(=O)(=O)c1ccc2c(c1)NC(=O)CN2C(=O)c1ccc(Cl)cc1Cl. The maximum atomic E-state index is 12.8. The zero-order valence-electron chi connectivity index (χ0n) is 12.9. The number of sulfone groups is 1. The molecule has 0 saturated heterocycles. The standard InChI is InChI=1S/C16H12Cl2N2O4S/c1-25(23,24)10-3-5-14-13(7-10)19-15(21)8-20(14)16(22)11-4-2-9(17)6-12(11)18/h2-7H,8H2,1H3,(H,19,21). The molecule has 0 aromatic heterocycles. The van der Waals surface area contributed by atoms with E-state index in [4.69, 9.17) is 23.2 Å². The fourth-order valence-corrected chi connectivity index (χ4v) is 3.63. The molecule has 1 heterocycles. The Bertz CT molecular complexity index is 1010. The van der Waals surface area contributed by atoms with Gasteiger partial charge in [0.25, 0.3) is 5.91 Å². The molecule has 2 aromatic carbocycles. The van der Waals surface area contributed by atoms with Crippen LogP contribution in [-0.2, 0) is 14.6 Å². The Balaban J connectivity index is 2.07. The summed E-state index contributed by atoms with van der Waals surface area (Å²) in [5.74, 6) is -0.915. The van der Waals surface area contributed by atoms with Crippen molar-refractivity contribution in [2.45, 2.75) is 4.90 Å². The molecule has 0 aliphatic carbocycles. The van der Waals surface area contributed by atoms with E-state index >= 15 is 0 Å². The van der Waals surface area contributed by atoms with Crippen molar-refractivity contribution in [2.75, 3.05) is 23.0 Å². The average Bonchev–Trinajstić information content (AvgIpc) is 2.52. The predicted octanol–water partition coefficient (Wildman–Crippen LogP) is 3.00. The molecule has 6 nitrogen and oxygen atoms in total. The summed E-state index contributed by atoms with van der Waals surface area (Å²) < 4.78 is 23.4. The number of nitrogens with one attached hydrogen (secondary N) is 1. The molecule has 1 aliphatic heterocycles. The highest BCUT2D eigenvalue weighted by Gasteiger charge is 2.29. The van der Waals surface area contributed by atoms with Gasteiger partial charge in [-0.1, -0.05) is 23.2 Å². The maximum absolute atomic E-state index is 12.8. The summed E-state index contributed by atoms with van der Waals surface area (Å²) in [7, 11) is -3.45. The van der Waals surface area contributed by atoms with Gasteiger partial charge in [-0.2, -0.15) is 0 Å². The first-order valence-electron chi connectivity index (χ1n) is 7.07. The van der Waals surface area contributed by atoms with Gasteiger partial charge in [0.05, 0.1) is 26.9 Å². The van der Waals surface area contributed by atoms with Gasteiger partial charge >= 0.3 is 0 Å². The second-order valence-corrected chi connectivity index (χ2v) is 8.37. The summed E-state index contributed by atoms with van der Waals surface area (Å²) in [5, 5.41) is 3.13. The molecule has 0 unspecified atom stereocenters. The molecular weight excluding hydrogens is 387 g/mol. The number of carbonyl (C=O) groups is 2. The minimum atomic E-state index is -3.45. The van der Waals surface area contributed by atoms with Crippen LogP contribution in [0.5, 0.6) is 0 Å². The van der Waals surface area contributed by atoms with Gasteiger partial charge in [0.2, 0.25) is 5.91 Å². The minimum absolute atomic E-state index is 0.0466. The first-order chi connectivity index (χ1) is 11.7. The second kappa shape index (κ2) is 6.33. The van der Waals surface area contributed by atoms with Crippen molar-refractivity contribution < 1.29 is 18.0 Å². The Labute approximate surface area is 154 Å². The number of anilines is 2. The van der Waals surface area contributed by atoms with E-state index in [2.05, 4.69) is 5.32 Å². The highest BCUT2D eigenvalue weighted by Crippen LogP contribution is 2.34. The first kappa shape index (κ1) is 17.7. The van der Waals surface area contributed by atoms with E-state index in [0.29, 0.717) is 10.7 Å². The van der Waals surface area contributed by atoms with Crippen LogP contribution in [0.3, 0.4) is 0 Å². The molecule has 2 amide bonds. The zero-order chi connectivity index (χ0) is 18.4. The van der Waals surface area contributed by atoms with E-state index in [9.17, 15) is 18.0 Å². The topological polar surface area (TPSA) is 83.6 Å². The van der Waals surface area contributed by atoms with Gasteiger partial charge in [0.1, 0.15) is 6.54 Å². The maximum Gasteiger partial charge on any atom is 0.260 e. The number of hydrogen-bond donors (Lipinski definition) is 1. The first-order valence-corrected chi connectivity index (χ1v) is 9.72. The third kappa shape index (κ3) is 3.49. The van der Waals surface area contributed by atoms with Crippen molar-refractivity contribution in [3.63, 3.8) is 0 Å². The summed E-state index contributed by atoms with van der Waals surface area (Å²) in [6.07, 6.45) is 1.07. The van der Waals surface area contributed by atoms with Crippen LogP contribution in [0.2, 0.25) is 10.0 Å². The van der Waals surface area contributed by atoms with Crippen molar-refractivity contribution in [1.29, 1.82) is 0 Å². The Kier molecular flexibility index (Phi) is 4.49. The molecule has 0 radical (unpaired) electrons. The molecule has 25 heavy (non-hydrogen) atoms. The zero-order valence-corrected chi connectivity index (χ0v) is 15.2. The predicted molar refractivity (Wildman–Crippen MR) is 96.3 cm³/mol. The van der Waals surface area contributed by atoms with Gasteiger partial charge in [0, 0.05) is 11.3 Å². The number of hydrogen-bond acceptors (Lipinski definition) is 4. The van der Waals surface area contributed by atoms with Crippen molar-refractivity contribution in [3.8, 4) is 0 Å². The van der Waals surface area contributed by atoms with Gasteiger partial charge in [-0.3, -0.25) is 14.5 Å². The Hall–Kier alpha value is -2.09. The summed E-state index contributed by atoms with van der Waals surface area (Å²) in [4.78, 5) is 26.1. The number of amides is 2. The smallest absolute Gasteiger partial charge is 0.260 e. The average molecular weight is 399 g/mol. The number of halogens is 2. The third-order valence-electron chi connectivity index (χ3n) is 3.67. The molecule has 1 aliphatic rings. The molecule has 0 saturated carbocycles. The number of nitrogens with zero attached hydrogens (tertiary/aromatic N) is 1. The van der Waals surface area contributed by atoms with Gasteiger partial charge in [-0.25, -0.2) is 8.42 Å². The van der Waals surface area contributed by atoms with Gasteiger partial charge in [0.15, 0.2) is 9.84 Å². The Morgan fingerprint density at radius 2 is 1.88 bits per heavy atom. The van der Waals surface area contributed by atoms with Crippen LogP contribution < -0.4 is 10.2 Å². The van der Waals surface area contributed by atoms with Gasteiger partial charge < -0.3 is 5.32 Å². The molecule has 2 aromatic rings. The van der Waals surface area contributed by atoms with Crippen molar-refractivity contribution in [3.05, 3.63) is 52.0 Å². The largest absolute Gasteiger partial charge is 0.323 e.